The van der Waals surface area contributed by atoms with Gasteiger partial charge in [0.05, 0.1) is 15.7 Å². The Bertz CT molecular complexity index is 2790. The van der Waals surface area contributed by atoms with Crippen LogP contribution in [0.1, 0.15) is 0 Å². The van der Waals surface area contributed by atoms with E-state index in [1.165, 1.54) is 91.5 Å². The average molecular weight is 602 g/mol. The summed E-state index contributed by atoms with van der Waals surface area (Å²) in [6.45, 7) is 0. The summed E-state index contributed by atoms with van der Waals surface area (Å²) in [5, 5.41) is 10.4. The van der Waals surface area contributed by atoms with Gasteiger partial charge >= 0.3 is 0 Å². The van der Waals surface area contributed by atoms with Crippen molar-refractivity contribution in [3.63, 3.8) is 0 Å². The van der Waals surface area contributed by atoms with Gasteiger partial charge in [0.2, 0.25) is 0 Å². The minimum atomic E-state index is 1.19. The Morgan fingerprint density at radius 1 is 0.391 bits per heavy atom. The fourth-order valence-corrected chi connectivity index (χ4v) is 8.67. The van der Waals surface area contributed by atoms with Gasteiger partial charge in [-0.25, -0.2) is 0 Å². The van der Waals surface area contributed by atoms with E-state index in [0.29, 0.717) is 0 Å². The van der Waals surface area contributed by atoms with E-state index in [4.69, 9.17) is 0 Å². The summed E-state index contributed by atoms with van der Waals surface area (Å²) in [4.78, 5) is 0. The summed E-state index contributed by atoms with van der Waals surface area (Å²) in [7, 11) is 0. The molecule has 10 rings (SSSR count). The van der Waals surface area contributed by atoms with Crippen molar-refractivity contribution >= 4 is 74.9 Å². The summed E-state index contributed by atoms with van der Waals surface area (Å²) in [5.74, 6) is 0. The maximum Gasteiger partial charge on any atom is 0.0726 e. The van der Waals surface area contributed by atoms with E-state index in [9.17, 15) is 0 Å². The van der Waals surface area contributed by atoms with Crippen molar-refractivity contribution in [2.75, 3.05) is 0 Å². The molecule has 46 heavy (non-hydrogen) atoms. The van der Waals surface area contributed by atoms with Crippen LogP contribution < -0.4 is 0 Å². The normalized spacial score (nSPS) is 11.9. The Balaban J connectivity index is 1.40. The summed E-state index contributed by atoms with van der Waals surface area (Å²) in [6, 6.07) is 60.1. The number of benzene rings is 8. The first-order valence-corrected chi connectivity index (χ1v) is 16.6. The van der Waals surface area contributed by atoms with Crippen molar-refractivity contribution in [3.8, 4) is 27.9 Å². The number of nitrogens with zero attached hydrogens (tertiary/aromatic N) is 1. The van der Waals surface area contributed by atoms with Crippen molar-refractivity contribution in [1.29, 1.82) is 0 Å². The summed E-state index contributed by atoms with van der Waals surface area (Å²) >= 11 is 1.92. The molecule has 0 saturated heterocycles. The Kier molecular flexibility index (Phi) is 5.51. The lowest BCUT2D eigenvalue weighted by Crippen LogP contribution is -1.94. The molecule has 214 valence electrons. The van der Waals surface area contributed by atoms with Crippen molar-refractivity contribution in [1.82, 2.24) is 4.57 Å². The van der Waals surface area contributed by atoms with Crippen LogP contribution in [0.2, 0.25) is 0 Å². The van der Waals surface area contributed by atoms with Crippen LogP contribution in [-0.2, 0) is 0 Å². The van der Waals surface area contributed by atoms with Crippen LogP contribution in [0.5, 0.6) is 0 Å². The zero-order valence-corrected chi connectivity index (χ0v) is 25.8. The highest BCUT2D eigenvalue weighted by Gasteiger charge is 2.22. The van der Waals surface area contributed by atoms with E-state index in [1.54, 1.807) is 0 Å². The van der Waals surface area contributed by atoms with Crippen molar-refractivity contribution < 1.29 is 0 Å². The molecular formula is C44H27NS. The molecule has 0 aliphatic heterocycles. The third kappa shape index (κ3) is 3.74. The first kappa shape index (κ1) is 25.6. The maximum absolute atomic E-state index is 2.52. The molecule has 2 heterocycles. The summed E-state index contributed by atoms with van der Waals surface area (Å²) < 4.78 is 5.17. The van der Waals surface area contributed by atoms with Crippen LogP contribution in [0, 0.1) is 0 Å². The van der Waals surface area contributed by atoms with Crippen LogP contribution in [-0.4, -0.2) is 4.57 Å². The Hall–Kier alpha value is -5.70. The van der Waals surface area contributed by atoms with E-state index in [2.05, 4.69) is 168 Å². The predicted molar refractivity (Wildman–Crippen MR) is 200 cm³/mol. The predicted octanol–water partition coefficient (Wildman–Crippen LogP) is 12.8. The minimum Gasteiger partial charge on any atom is -0.308 e. The second-order valence-corrected chi connectivity index (χ2v) is 13.2. The number of aromatic nitrogens is 1. The lowest BCUT2D eigenvalue weighted by molar-refractivity contribution is 1.19. The second-order valence-electron chi connectivity index (χ2n) is 12.1. The van der Waals surface area contributed by atoms with E-state index < -0.39 is 0 Å². The molecule has 1 nitrogen and oxygen atoms in total. The zero-order valence-electron chi connectivity index (χ0n) is 24.9. The number of thiophene rings is 1. The summed E-state index contributed by atoms with van der Waals surface area (Å²) in [5.41, 5.74) is 8.66. The molecular weight excluding hydrogens is 575 g/mol. The average Bonchev–Trinajstić information content (AvgIpc) is 3.68. The first-order chi connectivity index (χ1) is 22.8. The van der Waals surface area contributed by atoms with Crippen LogP contribution in [0.25, 0.3) is 91.5 Å². The molecule has 10 aromatic rings. The lowest BCUT2D eigenvalue weighted by Gasteiger charge is -2.11. The van der Waals surface area contributed by atoms with Gasteiger partial charge in [0.15, 0.2) is 0 Å². The fourth-order valence-electron chi connectivity index (χ4n) is 7.43. The Morgan fingerprint density at radius 2 is 1.00 bits per heavy atom. The number of hydrogen-bond donors (Lipinski definition) is 0. The molecule has 0 amide bonds. The first-order valence-electron chi connectivity index (χ1n) is 15.8. The molecule has 0 spiro atoms. The van der Waals surface area contributed by atoms with Crippen LogP contribution in [0.4, 0.5) is 0 Å². The largest absolute Gasteiger partial charge is 0.308 e. The van der Waals surface area contributed by atoms with Crippen LogP contribution in [0.15, 0.2) is 164 Å². The molecule has 0 radical (unpaired) electrons. The summed E-state index contributed by atoms with van der Waals surface area (Å²) in [6.07, 6.45) is 0. The zero-order chi connectivity index (χ0) is 30.2. The third-order valence-electron chi connectivity index (χ3n) is 9.54. The Labute approximate surface area is 270 Å². The van der Waals surface area contributed by atoms with Gasteiger partial charge < -0.3 is 4.57 Å². The van der Waals surface area contributed by atoms with Gasteiger partial charge in [-0.3, -0.25) is 0 Å². The topological polar surface area (TPSA) is 4.93 Å². The second kappa shape index (κ2) is 9.90. The molecule has 0 N–H and O–H groups in total. The molecule has 2 heteroatoms. The van der Waals surface area contributed by atoms with Gasteiger partial charge in [0.1, 0.15) is 0 Å². The third-order valence-corrected chi connectivity index (χ3v) is 10.7. The minimum absolute atomic E-state index is 1.19. The Morgan fingerprint density at radius 3 is 1.74 bits per heavy atom. The highest BCUT2D eigenvalue weighted by Crippen LogP contribution is 2.49. The smallest absolute Gasteiger partial charge is 0.0726 e. The fraction of sp³-hybridized carbons (Fsp3) is 0. The van der Waals surface area contributed by atoms with Gasteiger partial charge in [-0.1, -0.05) is 127 Å². The quantitative estimate of drug-likeness (QED) is 0.190. The number of rotatable bonds is 3. The van der Waals surface area contributed by atoms with Gasteiger partial charge in [-0.15, -0.1) is 11.3 Å². The molecule has 0 fully saturated rings. The van der Waals surface area contributed by atoms with Crippen molar-refractivity contribution in [2.45, 2.75) is 0 Å². The highest BCUT2D eigenvalue weighted by molar-refractivity contribution is 7.27. The lowest BCUT2D eigenvalue weighted by atomic mass is 9.96. The van der Waals surface area contributed by atoms with Gasteiger partial charge in [0.25, 0.3) is 0 Å². The molecule has 8 aromatic carbocycles. The van der Waals surface area contributed by atoms with E-state index >= 15 is 0 Å². The van der Waals surface area contributed by atoms with Crippen molar-refractivity contribution in [3.05, 3.63) is 164 Å². The standard InChI is InChI=1S/C44H27NS/c1-3-11-28(12-4-1)32-20-23-39-37(26-32)41-35-17-9-10-18-36(35)42-38-27-33(29-13-5-2-6-14-29)21-24-40(38)46-44(42)43(41)45(39)34-22-19-30-15-7-8-16-31(30)25-34/h1-27H. The molecule has 0 atom stereocenters. The van der Waals surface area contributed by atoms with E-state index in [-0.39, 0.29) is 0 Å². The number of fused-ring (bicyclic) bond motifs is 11. The molecule has 2 aromatic heterocycles. The molecule has 0 unspecified atom stereocenters. The molecule has 0 aliphatic carbocycles. The van der Waals surface area contributed by atoms with Gasteiger partial charge in [0, 0.05) is 31.9 Å². The molecule has 0 saturated carbocycles. The van der Waals surface area contributed by atoms with E-state index in [1.807, 2.05) is 11.3 Å². The number of hydrogen-bond acceptors (Lipinski definition) is 1. The monoisotopic (exact) mass is 601 g/mol. The SMILES string of the molecule is c1ccc(-c2ccc3sc4c(c3c2)c2ccccc2c2c3cc(-c5ccccc5)ccc3n(-c3ccc5ccccc5c3)c42)cc1. The van der Waals surface area contributed by atoms with Crippen LogP contribution >= 0.6 is 11.3 Å². The molecule has 0 bridgehead atoms. The van der Waals surface area contributed by atoms with Gasteiger partial charge in [-0.2, -0.15) is 0 Å². The van der Waals surface area contributed by atoms with Gasteiger partial charge in [-0.05, 0) is 80.2 Å². The highest BCUT2D eigenvalue weighted by atomic mass is 32.1. The molecule has 0 aliphatic rings. The maximum atomic E-state index is 2.52. The van der Waals surface area contributed by atoms with Crippen LogP contribution in [0.3, 0.4) is 0 Å². The van der Waals surface area contributed by atoms with E-state index in [0.717, 1.165) is 0 Å². The van der Waals surface area contributed by atoms with Crippen molar-refractivity contribution in [2.24, 2.45) is 0 Å².